The van der Waals surface area contributed by atoms with Crippen LogP contribution < -0.4 is 5.32 Å². The normalized spacial score (nSPS) is 47.6. The molecular weight excluding hydrogens is 170 g/mol. The van der Waals surface area contributed by atoms with Gasteiger partial charge in [-0.1, -0.05) is 19.9 Å². The standard InChI is InChI=1S/C13H21N/c1-12(2)4-3-5-14-11(12)9-13-6-10(7-13)8-13/h3,5,10-11,14H,4,6-9H2,1-2H3. The van der Waals surface area contributed by atoms with Crippen LogP contribution in [0.25, 0.3) is 0 Å². The number of hydrogen-bond acceptors (Lipinski definition) is 1. The lowest BCUT2D eigenvalue weighted by Crippen LogP contribution is -2.56. The summed E-state index contributed by atoms with van der Waals surface area (Å²) >= 11 is 0. The van der Waals surface area contributed by atoms with Gasteiger partial charge >= 0.3 is 0 Å². The van der Waals surface area contributed by atoms with Crippen molar-refractivity contribution in [1.29, 1.82) is 0 Å². The van der Waals surface area contributed by atoms with Gasteiger partial charge in [-0.25, -0.2) is 0 Å². The Morgan fingerprint density at radius 2 is 2.00 bits per heavy atom. The van der Waals surface area contributed by atoms with Gasteiger partial charge < -0.3 is 5.32 Å². The molecule has 3 saturated carbocycles. The second-order valence-corrected chi connectivity index (χ2v) is 6.50. The minimum Gasteiger partial charge on any atom is -0.388 e. The van der Waals surface area contributed by atoms with Crippen molar-refractivity contribution in [2.75, 3.05) is 0 Å². The Morgan fingerprint density at radius 3 is 2.50 bits per heavy atom. The number of nitrogens with one attached hydrogen (secondary N) is 1. The Bertz CT molecular complexity index is 260. The van der Waals surface area contributed by atoms with Crippen molar-refractivity contribution in [1.82, 2.24) is 5.32 Å². The highest BCUT2D eigenvalue weighted by atomic mass is 14.9. The third kappa shape index (κ3) is 1.14. The zero-order valence-corrected chi connectivity index (χ0v) is 9.34. The average Bonchev–Trinajstić information content (AvgIpc) is 1.96. The summed E-state index contributed by atoms with van der Waals surface area (Å²) in [6.07, 6.45) is 11.7. The molecule has 1 heteroatoms. The molecule has 1 heterocycles. The number of rotatable bonds is 2. The summed E-state index contributed by atoms with van der Waals surface area (Å²) in [7, 11) is 0. The third-order valence-corrected chi connectivity index (χ3v) is 4.80. The van der Waals surface area contributed by atoms with Crippen LogP contribution in [0.15, 0.2) is 12.3 Å². The number of allylic oxidation sites excluding steroid dienone is 1. The highest BCUT2D eigenvalue weighted by molar-refractivity contribution is 5.11. The van der Waals surface area contributed by atoms with E-state index in [2.05, 4.69) is 31.4 Å². The maximum Gasteiger partial charge on any atom is 0.0314 e. The van der Waals surface area contributed by atoms with Gasteiger partial charge in [0.15, 0.2) is 0 Å². The largest absolute Gasteiger partial charge is 0.388 e. The van der Waals surface area contributed by atoms with Crippen molar-refractivity contribution in [3.8, 4) is 0 Å². The van der Waals surface area contributed by atoms with Crippen LogP contribution in [0.5, 0.6) is 0 Å². The van der Waals surface area contributed by atoms with Gasteiger partial charge in [-0.3, -0.25) is 0 Å². The fourth-order valence-electron chi connectivity index (χ4n) is 3.59. The van der Waals surface area contributed by atoms with Gasteiger partial charge in [0.05, 0.1) is 0 Å². The van der Waals surface area contributed by atoms with Crippen molar-refractivity contribution in [3.63, 3.8) is 0 Å². The van der Waals surface area contributed by atoms with Crippen LogP contribution in [-0.4, -0.2) is 6.04 Å². The molecular formula is C13H21N. The van der Waals surface area contributed by atoms with Crippen LogP contribution in [0.1, 0.15) is 46.0 Å². The molecule has 2 bridgehead atoms. The topological polar surface area (TPSA) is 12.0 Å². The zero-order valence-electron chi connectivity index (χ0n) is 9.34. The molecule has 4 rings (SSSR count). The number of hydrogen-bond donors (Lipinski definition) is 1. The van der Waals surface area contributed by atoms with E-state index in [4.69, 9.17) is 0 Å². The van der Waals surface area contributed by atoms with Gasteiger partial charge in [-0.05, 0) is 55.1 Å². The lowest BCUT2D eigenvalue weighted by atomic mass is 9.42. The highest BCUT2D eigenvalue weighted by Crippen LogP contribution is 2.67. The first-order chi connectivity index (χ1) is 6.60. The van der Waals surface area contributed by atoms with Gasteiger partial charge in [0, 0.05) is 6.04 Å². The molecule has 3 aliphatic carbocycles. The molecule has 1 N–H and O–H groups in total. The summed E-state index contributed by atoms with van der Waals surface area (Å²) in [4.78, 5) is 0. The van der Waals surface area contributed by atoms with Gasteiger partial charge in [-0.2, -0.15) is 0 Å². The molecule has 1 atom stereocenters. The molecule has 4 aliphatic rings. The minimum atomic E-state index is 0.462. The molecule has 1 aliphatic heterocycles. The van der Waals surface area contributed by atoms with Gasteiger partial charge in [0.2, 0.25) is 0 Å². The average molecular weight is 191 g/mol. The summed E-state index contributed by atoms with van der Waals surface area (Å²) < 4.78 is 0. The molecule has 0 spiro atoms. The van der Waals surface area contributed by atoms with Crippen molar-refractivity contribution in [2.45, 2.75) is 52.0 Å². The van der Waals surface area contributed by atoms with Crippen molar-refractivity contribution in [3.05, 3.63) is 12.3 Å². The maximum atomic E-state index is 3.58. The van der Waals surface area contributed by atoms with Crippen LogP contribution in [0.2, 0.25) is 0 Å². The quantitative estimate of drug-likeness (QED) is 0.707. The molecule has 1 unspecified atom stereocenters. The molecule has 0 aromatic rings. The van der Waals surface area contributed by atoms with Crippen molar-refractivity contribution in [2.24, 2.45) is 16.7 Å². The van der Waals surface area contributed by atoms with E-state index in [0.29, 0.717) is 11.5 Å². The molecule has 0 radical (unpaired) electrons. The Morgan fingerprint density at radius 1 is 1.29 bits per heavy atom. The maximum absolute atomic E-state index is 3.58. The first-order valence-electron chi connectivity index (χ1n) is 6.01. The first kappa shape index (κ1) is 8.82. The fourth-order valence-corrected chi connectivity index (χ4v) is 3.59. The third-order valence-electron chi connectivity index (χ3n) is 4.80. The molecule has 1 nitrogen and oxygen atoms in total. The minimum absolute atomic E-state index is 0.462. The van der Waals surface area contributed by atoms with Crippen molar-refractivity contribution >= 4 is 0 Å². The van der Waals surface area contributed by atoms with E-state index in [1.807, 2.05) is 0 Å². The summed E-state index contributed by atoms with van der Waals surface area (Å²) in [6, 6.07) is 0.716. The summed E-state index contributed by atoms with van der Waals surface area (Å²) in [6.45, 7) is 4.80. The smallest absolute Gasteiger partial charge is 0.0314 e. The second-order valence-electron chi connectivity index (χ2n) is 6.50. The molecule has 14 heavy (non-hydrogen) atoms. The SMILES string of the molecule is CC1(C)CC=CNC1CC12CC(C1)C2. The summed E-state index contributed by atoms with van der Waals surface area (Å²) in [5.74, 6) is 1.12. The van der Waals surface area contributed by atoms with Gasteiger partial charge in [0.1, 0.15) is 0 Å². The van der Waals surface area contributed by atoms with Crippen LogP contribution in [-0.2, 0) is 0 Å². The monoisotopic (exact) mass is 191 g/mol. The molecule has 0 aromatic heterocycles. The van der Waals surface area contributed by atoms with E-state index in [9.17, 15) is 0 Å². The predicted molar refractivity (Wildman–Crippen MR) is 58.9 cm³/mol. The molecule has 78 valence electrons. The van der Waals surface area contributed by atoms with Crippen LogP contribution in [0, 0.1) is 16.7 Å². The lowest BCUT2D eigenvalue weighted by molar-refractivity contribution is -0.124. The van der Waals surface area contributed by atoms with Gasteiger partial charge in [-0.15, -0.1) is 0 Å². The lowest BCUT2D eigenvalue weighted by Gasteiger charge is -2.64. The zero-order chi connectivity index (χ0) is 9.81. The molecule has 0 amide bonds. The molecule has 3 fully saturated rings. The van der Waals surface area contributed by atoms with E-state index in [0.717, 1.165) is 11.3 Å². The van der Waals surface area contributed by atoms with Crippen molar-refractivity contribution < 1.29 is 0 Å². The summed E-state index contributed by atoms with van der Waals surface area (Å²) in [5.41, 5.74) is 1.25. The summed E-state index contributed by atoms with van der Waals surface area (Å²) in [5, 5.41) is 3.58. The van der Waals surface area contributed by atoms with E-state index in [1.165, 1.54) is 32.1 Å². The Labute approximate surface area is 87.0 Å². The van der Waals surface area contributed by atoms with E-state index < -0.39 is 0 Å². The van der Waals surface area contributed by atoms with E-state index in [1.54, 1.807) is 0 Å². The second kappa shape index (κ2) is 2.56. The van der Waals surface area contributed by atoms with Crippen LogP contribution in [0.3, 0.4) is 0 Å². The Balaban J connectivity index is 1.68. The predicted octanol–water partition coefficient (Wildman–Crippen LogP) is 3.08. The van der Waals surface area contributed by atoms with E-state index in [-0.39, 0.29) is 0 Å². The van der Waals surface area contributed by atoms with E-state index >= 15 is 0 Å². The Kier molecular flexibility index (Phi) is 1.61. The first-order valence-corrected chi connectivity index (χ1v) is 6.01. The van der Waals surface area contributed by atoms with Crippen LogP contribution >= 0.6 is 0 Å². The highest BCUT2D eigenvalue weighted by Gasteiger charge is 2.57. The van der Waals surface area contributed by atoms with Gasteiger partial charge in [0.25, 0.3) is 0 Å². The molecule has 0 aromatic carbocycles. The van der Waals surface area contributed by atoms with Crippen LogP contribution in [0.4, 0.5) is 0 Å². The Hall–Kier alpha value is -0.460. The fraction of sp³-hybridized carbons (Fsp3) is 0.846. The molecule has 0 saturated heterocycles.